The number of Topliss-reactive ketones (excluding diaryl/α,β-unsaturated/α-hetero) is 1. The van der Waals surface area contributed by atoms with Crippen molar-refractivity contribution >= 4 is 17.7 Å². The fraction of sp³-hybridized carbons (Fsp3) is 0.435. The quantitative estimate of drug-likeness (QED) is 0.515. The van der Waals surface area contributed by atoms with E-state index in [1.165, 1.54) is 7.11 Å². The summed E-state index contributed by atoms with van der Waals surface area (Å²) in [6, 6.07) is 6.32. The molecule has 0 saturated heterocycles. The highest BCUT2D eigenvalue weighted by molar-refractivity contribution is 6.07. The molecule has 1 aromatic heterocycles. The Bertz CT molecular complexity index is 1000. The first-order valence-electron chi connectivity index (χ1n) is 9.98. The number of esters is 1. The minimum atomic E-state index is -0.665. The average Bonchev–Trinajstić information content (AvgIpc) is 3.55. The maximum atomic E-state index is 13.5. The van der Waals surface area contributed by atoms with E-state index in [4.69, 9.17) is 9.47 Å². The first kappa shape index (κ1) is 21.6. The fourth-order valence-corrected chi connectivity index (χ4v) is 3.98. The zero-order chi connectivity index (χ0) is 22.2. The summed E-state index contributed by atoms with van der Waals surface area (Å²) in [5, 5.41) is 0. The third-order valence-electron chi connectivity index (χ3n) is 5.84. The molecule has 1 fully saturated rings. The molecule has 0 unspecified atom stereocenters. The van der Waals surface area contributed by atoms with Gasteiger partial charge in [-0.05, 0) is 57.4 Å². The number of ketones is 1. The van der Waals surface area contributed by atoms with Crippen molar-refractivity contribution in [2.45, 2.75) is 45.7 Å². The van der Waals surface area contributed by atoms with Crippen LogP contribution in [-0.4, -0.2) is 53.4 Å². The van der Waals surface area contributed by atoms with Gasteiger partial charge < -0.3 is 18.9 Å². The first-order chi connectivity index (χ1) is 14.2. The molecule has 0 radical (unpaired) electrons. The van der Waals surface area contributed by atoms with Gasteiger partial charge in [0.15, 0.2) is 5.78 Å². The molecule has 2 aromatic rings. The van der Waals surface area contributed by atoms with Gasteiger partial charge in [-0.1, -0.05) is 6.07 Å². The number of carbonyl (C=O) groups excluding carboxylic acids is 3. The van der Waals surface area contributed by atoms with Gasteiger partial charge >= 0.3 is 5.97 Å². The van der Waals surface area contributed by atoms with Crippen LogP contribution in [0, 0.1) is 13.8 Å². The molecule has 0 bridgehead atoms. The Labute approximate surface area is 176 Å². The number of amides is 1. The number of benzene rings is 1. The van der Waals surface area contributed by atoms with Crippen LogP contribution < -0.4 is 4.74 Å². The topological polar surface area (TPSA) is 77.8 Å². The summed E-state index contributed by atoms with van der Waals surface area (Å²) in [6.45, 7) is 5.29. The summed E-state index contributed by atoms with van der Waals surface area (Å²) in [7, 11) is 4.60. The average molecular weight is 412 g/mol. The molecular weight excluding hydrogens is 384 g/mol. The Balaban J connectivity index is 1.97. The molecule has 1 heterocycles. The van der Waals surface area contributed by atoms with Crippen LogP contribution >= 0.6 is 0 Å². The minimum absolute atomic E-state index is 0.0343. The minimum Gasteiger partial charge on any atom is -0.497 e. The summed E-state index contributed by atoms with van der Waals surface area (Å²) in [5.41, 5.74) is 2.55. The number of ether oxygens (including phenoxy) is 2. The van der Waals surface area contributed by atoms with E-state index in [1.54, 1.807) is 68.7 Å². The highest BCUT2D eigenvalue weighted by Crippen LogP contribution is 2.33. The molecule has 3 rings (SSSR count). The molecule has 0 spiro atoms. The van der Waals surface area contributed by atoms with Gasteiger partial charge in [0, 0.05) is 29.9 Å². The van der Waals surface area contributed by atoms with Crippen molar-refractivity contribution in [3.05, 3.63) is 52.3 Å². The van der Waals surface area contributed by atoms with Crippen LogP contribution in [-0.2, 0) is 11.8 Å². The molecule has 1 amide bonds. The van der Waals surface area contributed by atoms with Crippen LogP contribution in [0.15, 0.2) is 24.3 Å². The summed E-state index contributed by atoms with van der Waals surface area (Å²) in [5.74, 6) is -0.278. The van der Waals surface area contributed by atoms with Gasteiger partial charge in [-0.15, -0.1) is 0 Å². The zero-order valence-corrected chi connectivity index (χ0v) is 18.3. The van der Waals surface area contributed by atoms with Crippen molar-refractivity contribution in [3.8, 4) is 5.75 Å². The van der Waals surface area contributed by atoms with E-state index in [1.807, 2.05) is 0 Å². The second-order valence-electron chi connectivity index (χ2n) is 7.70. The predicted octanol–water partition coefficient (Wildman–Crippen LogP) is 3.31. The first-order valence-corrected chi connectivity index (χ1v) is 9.98. The number of hydrogen-bond acceptors (Lipinski definition) is 5. The van der Waals surface area contributed by atoms with Gasteiger partial charge in [0.1, 0.15) is 11.4 Å². The van der Waals surface area contributed by atoms with Gasteiger partial charge in [0.05, 0.1) is 20.3 Å². The third-order valence-corrected chi connectivity index (χ3v) is 5.84. The molecule has 0 aliphatic heterocycles. The molecule has 7 heteroatoms. The lowest BCUT2D eigenvalue weighted by atomic mass is 9.99. The van der Waals surface area contributed by atoms with Gasteiger partial charge in [-0.2, -0.15) is 0 Å². The van der Waals surface area contributed by atoms with E-state index < -0.39 is 12.0 Å². The van der Waals surface area contributed by atoms with E-state index in [0.29, 0.717) is 33.8 Å². The van der Waals surface area contributed by atoms with Gasteiger partial charge in [0.25, 0.3) is 5.91 Å². The molecule has 7 nitrogen and oxygen atoms in total. The van der Waals surface area contributed by atoms with E-state index in [9.17, 15) is 14.4 Å². The number of methoxy groups -OCH3 is 2. The van der Waals surface area contributed by atoms with Crippen molar-refractivity contribution in [3.63, 3.8) is 0 Å². The van der Waals surface area contributed by atoms with Crippen molar-refractivity contribution in [1.82, 2.24) is 9.47 Å². The largest absolute Gasteiger partial charge is 0.497 e. The molecule has 1 saturated carbocycles. The van der Waals surface area contributed by atoms with Crippen LogP contribution in [0.5, 0.6) is 5.75 Å². The van der Waals surface area contributed by atoms with Crippen LogP contribution in [0.4, 0.5) is 0 Å². The smallest absolute Gasteiger partial charge is 0.354 e. The standard InChI is InChI=1S/C23H28N2O5/c1-13-19(14(2)24(4)20(13)23(28)30-6)21(26)15(3)25(17-10-11-17)22(27)16-8-7-9-18(12-16)29-5/h7-9,12,15,17H,10-11H2,1-6H3/t15-/m0/s1. The predicted molar refractivity (Wildman–Crippen MR) is 112 cm³/mol. The van der Waals surface area contributed by atoms with Crippen LogP contribution in [0.1, 0.15) is 62.2 Å². The molecule has 1 aliphatic rings. The number of rotatable bonds is 7. The lowest BCUT2D eigenvalue weighted by Crippen LogP contribution is -2.45. The Morgan fingerprint density at radius 1 is 1.17 bits per heavy atom. The Morgan fingerprint density at radius 2 is 1.83 bits per heavy atom. The van der Waals surface area contributed by atoms with Crippen molar-refractivity contribution < 1.29 is 23.9 Å². The number of carbonyl (C=O) groups is 3. The van der Waals surface area contributed by atoms with Crippen LogP contribution in [0.3, 0.4) is 0 Å². The molecule has 0 N–H and O–H groups in total. The summed E-state index contributed by atoms with van der Waals surface area (Å²) >= 11 is 0. The summed E-state index contributed by atoms with van der Waals surface area (Å²) < 4.78 is 11.8. The number of hydrogen-bond donors (Lipinski definition) is 0. The van der Waals surface area contributed by atoms with E-state index in [-0.39, 0.29) is 17.7 Å². The molecule has 30 heavy (non-hydrogen) atoms. The molecule has 1 atom stereocenters. The Hall–Kier alpha value is -3.09. The highest BCUT2D eigenvalue weighted by atomic mass is 16.5. The van der Waals surface area contributed by atoms with Crippen molar-refractivity contribution in [1.29, 1.82) is 0 Å². The van der Waals surface area contributed by atoms with Gasteiger partial charge in [-0.3, -0.25) is 9.59 Å². The lowest BCUT2D eigenvalue weighted by Gasteiger charge is -2.29. The highest BCUT2D eigenvalue weighted by Gasteiger charge is 2.40. The second kappa shape index (κ2) is 8.34. The van der Waals surface area contributed by atoms with E-state index >= 15 is 0 Å². The molecular formula is C23H28N2O5. The van der Waals surface area contributed by atoms with E-state index in [0.717, 1.165) is 12.8 Å². The number of aromatic nitrogens is 1. The Kier molecular flexibility index (Phi) is 6.01. The van der Waals surface area contributed by atoms with Gasteiger partial charge in [0.2, 0.25) is 0 Å². The second-order valence-corrected chi connectivity index (χ2v) is 7.70. The van der Waals surface area contributed by atoms with Crippen molar-refractivity contribution in [2.75, 3.05) is 14.2 Å². The third kappa shape index (κ3) is 3.72. The molecule has 1 aromatic carbocycles. The molecule has 1 aliphatic carbocycles. The number of nitrogens with zero attached hydrogens (tertiary/aromatic N) is 2. The maximum Gasteiger partial charge on any atom is 0.354 e. The van der Waals surface area contributed by atoms with Crippen LogP contribution in [0.25, 0.3) is 0 Å². The Morgan fingerprint density at radius 3 is 2.40 bits per heavy atom. The van der Waals surface area contributed by atoms with E-state index in [2.05, 4.69) is 0 Å². The monoisotopic (exact) mass is 412 g/mol. The fourth-order valence-electron chi connectivity index (χ4n) is 3.98. The normalized spacial score (nSPS) is 14.2. The summed E-state index contributed by atoms with van der Waals surface area (Å²) in [6.07, 6.45) is 1.74. The van der Waals surface area contributed by atoms with Gasteiger partial charge in [-0.25, -0.2) is 4.79 Å². The van der Waals surface area contributed by atoms with Crippen LogP contribution in [0.2, 0.25) is 0 Å². The summed E-state index contributed by atoms with van der Waals surface area (Å²) in [4.78, 5) is 40.7. The maximum absolute atomic E-state index is 13.5. The zero-order valence-electron chi connectivity index (χ0n) is 18.3. The van der Waals surface area contributed by atoms with Crippen molar-refractivity contribution in [2.24, 2.45) is 7.05 Å². The molecule has 160 valence electrons. The SMILES string of the molecule is COC(=O)c1c(C)c(C(=O)[C@H](C)N(C(=O)c2cccc(OC)c2)C2CC2)c(C)n1C. The lowest BCUT2D eigenvalue weighted by molar-refractivity contribution is 0.0587.